The maximum Gasteiger partial charge on any atom is 0.338 e. The molecule has 1 heterocycles. The highest BCUT2D eigenvalue weighted by Gasteiger charge is 2.09. The number of anilines is 2. The summed E-state index contributed by atoms with van der Waals surface area (Å²) in [5, 5.41) is 4.35. The van der Waals surface area contributed by atoms with Crippen LogP contribution in [0, 0.1) is 12.7 Å². The lowest BCUT2D eigenvalue weighted by molar-refractivity contribution is 0.561. The van der Waals surface area contributed by atoms with Crippen LogP contribution in [-0.2, 0) is 0 Å². The van der Waals surface area contributed by atoms with Crippen LogP contribution in [0.4, 0.5) is 15.8 Å². The molecule has 0 saturated heterocycles. The van der Waals surface area contributed by atoms with Gasteiger partial charge in [0.05, 0.1) is 5.69 Å². The molecule has 0 atom stereocenters. The standard InChI is InChI=1S/C16H11ClFNO2/c1-9-6-15-12(7-13(9)17)14(8-16(20)21-15)19-11-4-2-10(18)3-5-11/h2-8,19H,1H3. The Bertz CT molecular complexity index is 872. The minimum absolute atomic E-state index is 0.323. The Labute approximate surface area is 125 Å². The predicted octanol–water partition coefficient (Wildman–Crippen LogP) is 4.64. The summed E-state index contributed by atoms with van der Waals surface area (Å²) < 4.78 is 18.1. The first-order valence-corrected chi connectivity index (χ1v) is 6.67. The Balaban J connectivity index is 2.15. The van der Waals surface area contributed by atoms with Crippen molar-refractivity contribution < 1.29 is 8.81 Å². The summed E-state index contributed by atoms with van der Waals surface area (Å²) in [5.74, 6) is -0.323. The molecule has 0 aliphatic carbocycles. The Kier molecular flexibility index (Phi) is 3.39. The molecule has 0 aliphatic rings. The zero-order chi connectivity index (χ0) is 15.0. The van der Waals surface area contributed by atoms with Crippen LogP contribution in [0.25, 0.3) is 11.0 Å². The van der Waals surface area contributed by atoms with Crippen LogP contribution in [0.3, 0.4) is 0 Å². The quantitative estimate of drug-likeness (QED) is 0.701. The van der Waals surface area contributed by atoms with E-state index in [4.69, 9.17) is 16.0 Å². The lowest BCUT2D eigenvalue weighted by atomic mass is 10.1. The van der Waals surface area contributed by atoms with E-state index in [1.807, 2.05) is 6.92 Å². The molecule has 0 radical (unpaired) electrons. The lowest BCUT2D eigenvalue weighted by Gasteiger charge is -2.10. The van der Waals surface area contributed by atoms with E-state index in [0.29, 0.717) is 27.4 Å². The first-order valence-electron chi connectivity index (χ1n) is 6.29. The van der Waals surface area contributed by atoms with Gasteiger partial charge in [0.1, 0.15) is 11.4 Å². The van der Waals surface area contributed by atoms with Gasteiger partial charge < -0.3 is 9.73 Å². The number of fused-ring (bicyclic) bond motifs is 1. The molecule has 21 heavy (non-hydrogen) atoms. The Morgan fingerprint density at radius 3 is 2.57 bits per heavy atom. The van der Waals surface area contributed by atoms with Crippen molar-refractivity contribution in [2.75, 3.05) is 5.32 Å². The lowest BCUT2D eigenvalue weighted by Crippen LogP contribution is -2.01. The maximum atomic E-state index is 12.9. The van der Waals surface area contributed by atoms with Gasteiger partial charge in [0.2, 0.25) is 0 Å². The zero-order valence-corrected chi connectivity index (χ0v) is 11.9. The smallest absolute Gasteiger partial charge is 0.338 e. The van der Waals surface area contributed by atoms with Crippen LogP contribution in [0.15, 0.2) is 51.7 Å². The predicted molar refractivity (Wildman–Crippen MR) is 81.9 cm³/mol. The first-order chi connectivity index (χ1) is 10.0. The van der Waals surface area contributed by atoms with E-state index in [0.717, 1.165) is 5.56 Å². The number of hydrogen-bond acceptors (Lipinski definition) is 3. The van der Waals surface area contributed by atoms with Crippen molar-refractivity contribution in [2.24, 2.45) is 0 Å². The number of rotatable bonds is 2. The van der Waals surface area contributed by atoms with E-state index in [1.165, 1.54) is 18.2 Å². The van der Waals surface area contributed by atoms with Crippen LogP contribution >= 0.6 is 11.6 Å². The number of aryl methyl sites for hydroxylation is 1. The topological polar surface area (TPSA) is 42.2 Å². The van der Waals surface area contributed by atoms with Gasteiger partial charge in [0.15, 0.2) is 0 Å². The monoisotopic (exact) mass is 303 g/mol. The summed E-state index contributed by atoms with van der Waals surface area (Å²) in [6, 6.07) is 10.7. The summed E-state index contributed by atoms with van der Waals surface area (Å²) >= 11 is 6.13. The van der Waals surface area contributed by atoms with Gasteiger partial charge in [-0.15, -0.1) is 0 Å². The molecule has 2 aromatic carbocycles. The third-order valence-electron chi connectivity index (χ3n) is 3.15. The SMILES string of the molecule is Cc1cc2oc(=O)cc(Nc3ccc(F)cc3)c2cc1Cl. The summed E-state index contributed by atoms with van der Waals surface area (Å²) in [5.41, 5.74) is 2.05. The fourth-order valence-electron chi connectivity index (χ4n) is 2.08. The summed E-state index contributed by atoms with van der Waals surface area (Å²) in [7, 11) is 0. The van der Waals surface area contributed by atoms with Crippen molar-refractivity contribution in [2.45, 2.75) is 6.92 Å². The van der Waals surface area contributed by atoms with Crippen LogP contribution in [0.5, 0.6) is 0 Å². The van der Waals surface area contributed by atoms with Gasteiger partial charge in [0, 0.05) is 22.2 Å². The Morgan fingerprint density at radius 1 is 1.14 bits per heavy atom. The number of hydrogen-bond donors (Lipinski definition) is 1. The van der Waals surface area contributed by atoms with Crippen LogP contribution in [-0.4, -0.2) is 0 Å². The minimum atomic E-state index is -0.464. The normalized spacial score (nSPS) is 10.8. The van der Waals surface area contributed by atoms with Crippen LogP contribution in [0.2, 0.25) is 5.02 Å². The average molecular weight is 304 g/mol. The molecule has 0 aliphatic heterocycles. The van der Waals surface area contributed by atoms with Crippen molar-refractivity contribution >= 4 is 33.9 Å². The summed E-state index contributed by atoms with van der Waals surface area (Å²) in [6.45, 7) is 1.84. The van der Waals surface area contributed by atoms with Crippen molar-refractivity contribution in [3.8, 4) is 0 Å². The highest BCUT2D eigenvalue weighted by molar-refractivity contribution is 6.32. The molecule has 3 aromatic rings. The van der Waals surface area contributed by atoms with E-state index >= 15 is 0 Å². The van der Waals surface area contributed by atoms with Gasteiger partial charge >= 0.3 is 5.63 Å². The Hall–Kier alpha value is -2.33. The highest BCUT2D eigenvalue weighted by atomic mass is 35.5. The maximum absolute atomic E-state index is 12.9. The van der Waals surface area contributed by atoms with Gasteiger partial charge in [-0.3, -0.25) is 0 Å². The van der Waals surface area contributed by atoms with E-state index < -0.39 is 5.63 Å². The van der Waals surface area contributed by atoms with E-state index in [-0.39, 0.29) is 5.82 Å². The molecule has 0 unspecified atom stereocenters. The second-order valence-electron chi connectivity index (χ2n) is 4.71. The Morgan fingerprint density at radius 2 is 1.86 bits per heavy atom. The minimum Gasteiger partial charge on any atom is -0.423 e. The molecule has 1 aromatic heterocycles. The fraction of sp³-hybridized carbons (Fsp3) is 0.0625. The molecule has 0 bridgehead atoms. The molecule has 0 spiro atoms. The molecule has 3 nitrogen and oxygen atoms in total. The average Bonchev–Trinajstić information content (AvgIpc) is 2.43. The first kappa shape index (κ1) is 13.6. The number of benzene rings is 2. The van der Waals surface area contributed by atoms with Crippen molar-refractivity contribution in [1.29, 1.82) is 0 Å². The highest BCUT2D eigenvalue weighted by Crippen LogP contribution is 2.29. The zero-order valence-electron chi connectivity index (χ0n) is 11.1. The van der Waals surface area contributed by atoms with Gasteiger partial charge in [-0.25, -0.2) is 9.18 Å². The molecule has 106 valence electrons. The summed E-state index contributed by atoms with van der Waals surface area (Å²) in [6.07, 6.45) is 0. The van der Waals surface area contributed by atoms with Crippen LogP contribution < -0.4 is 10.9 Å². The van der Waals surface area contributed by atoms with Gasteiger partial charge in [-0.05, 0) is 48.9 Å². The van der Waals surface area contributed by atoms with Gasteiger partial charge in [-0.2, -0.15) is 0 Å². The second kappa shape index (κ2) is 5.22. The molecule has 0 saturated carbocycles. The van der Waals surface area contributed by atoms with E-state index in [1.54, 1.807) is 24.3 Å². The summed E-state index contributed by atoms with van der Waals surface area (Å²) in [4.78, 5) is 11.6. The van der Waals surface area contributed by atoms with Crippen LogP contribution in [0.1, 0.15) is 5.56 Å². The van der Waals surface area contributed by atoms with E-state index in [9.17, 15) is 9.18 Å². The largest absolute Gasteiger partial charge is 0.423 e. The third-order valence-corrected chi connectivity index (χ3v) is 3.55. The van der Waals surface area contributed by atoms with Crippen molar-refractivity contribution in [1.82, 2.24) is 0 Å². The fourth-order valence-corrected chi connectivity index (χ4v) is 2.24. The molecule has 0 fully saturated rings. The third kappa shape index (κ3) is 2.76. The molecule has 3 rings (SSSR count). The van der Waals surface area contributed by atoms with Gasteiger partial charge in [-0.1, -0.05) is 11.6 Å². The number of halogens is 2. The van der Waals surface area contributed by atoms with Crippen molar-refractivity contribution in [3.63, 3.8) is 0 Å². The second-order valence-corrected chi connectivity index (χ2v) is 5.12. The molecular formula is C16H11ClFNO2. The molecule has 5 heteroatoms. The molecule has 1 N–H and O–H groups in total. The van der Waals surface area contributed by atoms with E-state index in [2.05, 4.69) is 5.32 Å². The molecule has 0 amide bonds. The van der Waals surface area contributed by atoms with Crippen molar-refractivity contribution in [3.05, 3.63) is 69.3 Å². The molecular weight excluding hydrogens is 293 g/mol. The number of nitrogens with one attached hydrogen (secondary N) is 1. The van der Waals surface area contributed by atoms with Gasteiger partial charge in [0.25, 0.3) is 0 Å².